The molecule has 0 aliphatic rings. The quantitative estimate of drug-likeness (QED) is 0.808. The maximum Gasteiger partial charge on any atom is 0.240 e. The molecule has 1 heterocycles. The molecule has 0 aliphatic heterocycles. The molecule has 0 unspecified atom stereocenters. The van der Waals surface area contributed by atoms with E-state index in [1.807, 2.05) is 33.8 Å². The fraction of sp³-hybridized carbons (Fsp3) is 0.444. The molecule has 1 aromatic carbocycles. The number of hydrogen-bond acceptors (Lipinski definition) is 4. The van der Waals surface area contributed by atoms with E-state index in [4.69, 9.17) is 0 Å². The molecule has 0 atom stereocenters. The number of nitrogens with zero attached hydrogens (tertiary/aromatic N) is 2. The van der Waals surface area contributed by atoms with Crippen LogP contribution in [0.2, 0.25) is 0 Å². The van der Waals surface area contributed by atoms with Gasteiger partial charge in [-0.25, -0.2) is 13.1 Å². The number of aryl methyl sites for hydroxylation is 2. The minimum atomic E-state index is -3.64. The van der Waals surface area contributed by atoms with Crippen molar-refractivity contribution in [2.75, 3.05) is 11.9 Å². The fourth-order valence-electron chi connectivity index (χ4n) is 2.35. The zero-order valence-corrected chi connectivity index (χ0v) is 16.6. The molecule has 0 bridgehead atoms. The first kappa shape index (κ1) is 20.1. The van der Waals surface area contributed by atoms with Crippen LogP contribution in [0.1, 0.15) is 38.3 Å². The normalized spacial score (nSPS) is 12.2. The van der Waals surface area contributed by atoms with E-state index in [9.17, 15) is 13.2 Å². The van der Waals surface area contributed by atoms with E-state index in [1.165, 1.54) is 0 Å². The van der Waals surface area contributed by atoms with Gasteiger partial charge in [-0.05, 0) is 51.8 Å². The van der Waals surface area contributed by atoms with Gasteiger partial charge in [0.05, 0.1) is 22.3 Å². The second-order valence-electron chi connectivity index (χ2n) is 7.31. The van der Waals surface area contributed by atoms with Crippen LogP contribution in [-0.2, 0) is 20.4 Å². The third-order valence-corrected chi connectivity index (χ3v) is 5.43. The zero-order chi connectivity index (χ0) is 19.5. The average Bonchev–Trinajstić information content (AvgIpc) is 2.98. The Hall–Kier alpha value is -2.19. The van der Waals surface area contributed by atoms with Crippen molar-refractivity contribution in [2.24, 2.45) is 0 Å². The number of anilines is 1. The third-order valence-electron chi connectivity index (χ3n) is 3.83. The average molecular weight is 378 g/mol. The van der Waals surface area contributed by atoms with Gasteiger partial charge in [0, 0.05) is 19.2 Å². The lowest BCUT2D eigenvalue weighted by Crippen LogP contribution is -2.28. The monoisotopic (exact) mass is 378 g/mol. The number of benzene rings is 1. The highest BCUT2D eigenvalue weighted by Gasteiger charge is 2.18. The van der Waals surface area contributed by atoms with Crippen LogP contribution in [0.25, 0.3) is 0 Å². The molecule has 1 aromatic heterocycles. The Balaban J connectivity index is 1.91. The Morgan fingerprint density at radius 2 is 1.92 bits per heavy atom. The summed E-state index contributed by atoms with van der Waals surface area (Å²) in [5.74, 6) is -0.276. The van der Waals surface area contributed by atoms with Crippen LogP contribution >= 0.6 is 0 Å². The van der Waals surface area contributed by atoms with Crippen molar-refractivity contribution in [2.45, 2.75) is 51.5 Å². The van der Waals surface area contributed by atoms with Gasteiger partial charge in [-0.15, -0.1) is 0 Å². The first-order chi connectivity index (χ1) is 12.0. The van der Waals surface area contributed by atoms with Crippen LogP contribution in [0.5, 0.6) is 0 Å². The minimum Gasteiger partial charge on any atom is -0.323 e. The molecular formula is C18H26N4O3S. The van der Waals surface area contributed by atoms with Crippen molar-refractivity contribution < 1.29 is 13.2 Å². The Morgan fingerprint density at radius 3 is 2.54 bits per heavy atom. The Labute approximate surface area is 154 Å². The van der Waals surface area contributed by atoms with Crippen LogP contribution in [0.15, 0.2) is 35.5 Å². The molecular weight excluding hydrogens is 352 g/mol. The summed E-state index contributed by atoms with van der Waals surface area (Å²) in [5, 5.41) is 6.93. The molecule has 0 spiro atoms. The van der Waals surface area contributed by atoms with Crippen molar-refractivity contribution in [1.82, 2.24) is 14.5 Å². The van der Waals surface area contributed by atoms with Gasteiger partial charge in [-0.2, -0.15) is 5.10 Å². The molecule has 26 heavy (non-hydrogen) atoms. The predicted octanol–water partition coefficient (Wildman–Crippen LogP) is 2.56. The van der Waals surface area contributed by atoms with E-state index in [1.54, 1.807) is 36.1 Å². The molecule has 0 radical (unpaired) electrons. The molecule has 7 nitrogen and oxygen atoms in total. The Kier molecular flexibility index (Phi) is 5.87. The summed E-state index contributed by atoms with van der Waals surface area (Å²) in [6, 6.07) is 5.25. The van der Waals surface area contributed by atoms with Crippen LogP contribution in [0.3, 0.4) is 0 Å². The van der Waals surface area contributed by atoms with E-state index in [0.29, 0.717) is 11.3 Å². The van der Waals surface area contributed by atoms with Crippen molar-refractivity contribution in [3.63, 3.8) is 0 Å². The molecule has 2 aromatic rings. The van der Waals surface area contributed by atoms with E-state index in [-0.39, 0.29) is 29.3 Å². The van der Waals surface area contributed by atoms with Gasteiger partial charge in [-0.3, -0.25) is 9.48 Å². The van der Waals surface area contributed by atoms with Crippen LogP contribution < -0.4 is 10.0 Å². The van der Waals surface area contributed by atoms with Crippen LogP contribution in [-0.4, -0.2) is 30.7 Å². The summed E-state index contributed by atoms with van der Waals surface area (Å²) in [6.07, 6.45) is 3.35. The van der Waals surface area contributed by atoms with Gasteiger partial charge < -0.3 is 5.32 Å². The maximum atomic E-state index is 12.4. The number of nitrogens with one attached hydrogen (secondary N) is 2. The van der Waals surface area contributed by atoms with Crippen molar-refractivity contribution in [3.05, 3.63) is 41.7 Å². The van der Waals surface area contributed by atoms with Gasteiger partial charge in [0.15, 0.2) is 0 Å². The SMILES string of the molecule is Cc1ccc(C)c(S(=O)(=O)NCCC(=O)Nc2cnn(C(C)(C)C)c2)c1. The highest BCUT2D eigenvalue weighted by molar-refractivity contribution is 7.89. The van der Waals surface area contributed by atoms with E-state index >= 15 is 0 Å². The van der Waals surface area contributed by atoms with Crippen LogP contribution in [0.4, 0.5) is 5.69 Å². The first-order valence-corrected chi connectivity index (χ1v) is 9.89. The molecule has 0 saturated carbocycles. The number of hydrogen-bond donors (Lipinski definition) is 2. The van der Waals surface area contributed by atoms with Gasteiger partial charge in [0.1, 0.15) is 0 Å². The summed E-state index contributed by atoms with van der Waals surface area (Å²) in [7, 11) is -3.64. The van der Waals surface area contributed by atoms with Crippen molar-refractivity contribution >= 4 is 21.6 Å². The van der Waals surface area contributed by atoms with Gasteiger partial charge in [0.2, 0.25) is 15.9 Å². The summed E-state index contributed by atoms with van der Waals surface area (Å²) in [5.41, 5.74) is 1.94. The molecule has 8 heteroatoms. The number of carbonyl (C=O) groups excluding carboxylic acids is 1. The third kappa shape index (κ3) is 5.15. The number of rotatable bonds is 6. The second-order valence-corrected chi connectivity index (χ2v) is 9.04. The largest absolute Gasteiger partial charge is 0.323 e. The standard InChI is InChI=1S/C18H26N4O3S/c1-13-6-7-14(2)16(10-13)26(24,25)20-9-8-17(23)21-15-11-19-22(12-15)18(3,4)5/h6-7,10-12,20H,8-9H2,1-5H3,(H,21,23). The van der Waals surface area contributed by atoms with Gasteiger partial charge in [0.25, 0.3) is 0 Å². The molecule has 0 saturated heterocycles. The molecule has 1 amide bonds. The number of sulfonamides is 1. The maximum absolute atomic E-state index is 12.4. The summed E-state index contributed by atoms with van der Waals surface area (Å²) in [4.78, 5) is 12.3. The minimum absolute atomic E-state index is 0.0228. The topological polar surface area (TPSA) is 93.1 Å². The number of aromatic nitrogens is 2. The summed E-state index contributed by atoms with van der Waals surface area (Å²) in [6.45, 7) is 9.63. The lowest BCUT2D eigenvalue weighted by molar-refractivity contribution is -0.116. The first-order valence-electron chi connectivity index (χ1n) is 8.41. The second kappa shape index (κ2) is 7.59. The molecule has 0 aliphatic carbocycles. The summed E-state index contributed by atoms with van der Waals surface area (Å²) < 4.78 is 29.0. The molecule has 0 fully saturated rings. The van der Waals surface area contributed by atoms with Crippen molar-refractivity contribution in [3.8, 4) is 0 Å². The molecule has 2 rings (SSSR count). The predicted molar refractivity (Wildman–Crippen MR) is 102 cm³/mol. The molecule has 2 N–H and O–H groups in total. The van der Waals surface area contributed by atoms with Crippen molar-refractivity contribution in [1.29, 1.82) is 0 Å². The van der Waals surface area contributed by atoms with E-state index < -0.39 is 10.0 Å². The highest BCUT2D eigenvalue weighted by atomic mass is 32.2. The number of amides is 1. The zero-order valence-electron chi connectivity index (χ0n) is 15.8. The lowest BCUT2D eigenvalue weighted by Gasteiger charge is -2.18. The van der Waals surface area contributed by atoms with E-state index in [0.717, 1.165) is 5.56 Å². The van der Waals surface area contributed by atoms with Gasteiger partial charge >= 0.3 is 0 Å². The van der Waals surface area contributed by atoms with Gasteiger partial charge in [-0.1, -0.05) is 12.1 Å². The lowest BCUT2D eigenvalue weighted by atomic mass is 10.1. The Morgan fingerprint density at radius 1 is 1.23 bits per heavy atom. The Bertz CT molecular complexity index is 895. The molecule has 142 valence electrons. The highest BCUT2D eigenvalue weighted by Crippen LogP contribution is 2.17. The van der Waals surface area contributed by atoms with Crippen LogP contribution in [0, 0.1) is 13.8 Å². The van der Waals surface area contributed by atoms with E-state index in [2.05, 4.69) is 15.1 Å². The number of carbonyl (C=O) groups is 1. The summed E-state index contributed by atoms with van der Waals surface area (Å²) >= 11 is 0. The fourth-order valence-corrected chi connectivity index (χ4v) is 3.71. The smallest absolute Gasteiger partial charge is 0.240 e.